The Morgan fingerprint density at radius 1 is 0.762 bits per heavy atom. The van der Waals surface area contributed by atoms with Gasteiger partial charge in [-0.15, -0.1) is 0 Å². The van der Waals surface area contributed by atoms with E-state index >= 15 is 0 Å². The van der Waals surface area contributed by atoms with Crippen molar-refractivity contribution in [3.8, 4) is 0 Å². The van der Waals surface area contributed by atoms with Gasteiger partial charge in [0.25, 0.3) is 0 Å². The lowest BCUT2D eigenvalue weighted by atomic mass is 9.68. The van der Waals surface area contributed by atoms with E-state index in [0.29, 0.717) is 0 Å². The molecule has 1 N–H and O–H groups in total. The second kappa shape index (κ2) is 14.0. The van der Waals surface area contributed by atoms with E-state index in [1.807, 2.05) is 12.1 Å². The first-order chi connectivity index (χ1) is 20.7. The van der Waals surface area contributed by atoms with Gasteiger partial charge in [0, 0.05) is 61.5 Å². The first-order valence-electron chi connectivity index (χ1n) is 15.3. The Kier molecular flexibility index (Phi) is 9.68. The second-order valence-electron chi connectivity index (χ2n) is 11.6. The summed E-state index contributed by atoms with van der Waals surface area (Å²) in [5.41, 5.74) is 6.57. The molecule has 0 bridgehead atoms. The molecule has 0 aliphatic carbocycles. The molecule has 3 heterocycles. The number of piperidine rings is 1. The van der Waals surface area contributed by atoms with Crippen LogP contribution in [-0.4, -0.2) is 72.1 Å². The Labute approximate surface area is 255 Å². The van der Waals surface area contributed by atoms with Gasteiger partial charge in [-0.3, -0.25) is 14.5 Å². The average Bonchev–Trinajstić information content (AvgIpc) is 3.42. The van der Waals surface area contributed by atoms with Gasteiger partial charge in [-0.1, -0.05) is 84.4 Å². The van der Waals surface area contributed by atoms with E-state index < -0.39 is 0 Å². The van der Waals surface area contributed by atoms with Crippen molar-refractivity contribution in [1.29, 1.82) is 0 Å². The third kappa shape index (κ3) is 7.13. The Morgan fingerprint density at radius 3 is 2.05 bits per heavy atom. The fourth-order valence-corrected chi connectivity index (χ4v) is 6.62. The third-order valence-corrected chi connectivity index (χ3v) is 9.19. The maximum atomic E-state index is 6.13. The normalized spacial score (nSPS) is 17.8. The highest BCUT2D eigenvalue weighted by Crippen LogP contribution is 2.41. The van der Waals surface area contributed by atoms with Gasteiger partial charge >= 0.3 is 0 Å². The molecule has 7 heteroatoms. The van der Waals surface area contributed by atoms with Crippen LogP contribution in [0.2, 0.25) is 5.02 Å². The quantitative estimate of drug-likeness (QED) is 0.233. The average molecular weight is 584 g/mol. The van der Waals surface area contributed by atoms with E-state index in [2.05, 4.69) is 98.8 Å². The van der Waals surface area contributed by atoms with Gasteiger partial charge in [-0.2, -0.15) is 5.10 Å². The zero-order valence-electron chi connectivity index (χ0n) is 24.4. The molecule has 0 saturated carbocycles. The Hall–Kier alpha value is -3.00. The predicted molar refractivity (Wildman–Crippen MR) is 170 cm³/mol. The molecule has 2 aliphatic heterocycles. The lowest BCUT2D eigenvalue weighted by Crippen LogP contribution is -2.43. The molecule has 42 heavy (non-hydrogen) atoms. The van der Waals surface area contributed by atoms with E-state index in [0.717, 1.165) is 90.0 Å². The predicted octanol–water partition coefficient (Wildman–Crippen LogP) is 5.59. The molecule has 4 aromatic rings. The number of ether oxygens (including phenoxy) is 1. The van der Waals surface area contributed by atoms with Crippen LogP contribution in [0.5, 0.6) is 0 Å². The van der Waals surface area contributed by atoms with Crippen molar-refractivity contribution in [2.24, 2.45) is 0 Å². The first-order valence-corrected chi connectivity index (χ1v) is 15.7. The number of rotatable bonds is 11. The smallest absolute Gasteiger partial charge is 0.0809 e. The maximum Gasteiger partial charge on any atom is 0.0809 e. The number of morpholine rings is 1. The number of benzene rings is 3. The highest BCUT2D eigenvalue weighted by molar-refractivity contribution is 6.30. The summed E-state index contributed by atoms with van der Waals surface area (Å²) < 4.78 is 7.60. The van der Waals surface area contributed by atoms with E-state index in [1.165, 1.54) is 27.9 Å². The van der Waals surface area contributed by atoms with Crippen molar-refractivity contribution in [2.45, 2.75) is 37.9 Å². The summed E-state index contributed by atoms with van der Waals surface area (Å²) in [4.78, 5) is 5.07. The molecule has 0 spiro atoms. The van der Waals surface area contributed by atoms with Crippen molar-refractivity contribution < 1.29 is 4.74 Å². The summed E-state index contributed by atoms with van der Waals surface area (Å²) >= 11 is 6.13. The molecular weight excluding hydrogens is 542 g/mol. The molecule has 2 saturated heterocycles. The highest BCUT2D eigenvalue weighted by Gasteiger charge is 2.37. The van der Waals surface area contributed by atoms with Crippen LogP contribution in [0.4, 0.5) is 0 Å². The second-order valence-corrected chi connectivity index (χ2v) is 12.1. The number of halogens is 1. The van der Waals surface area contributed by atoms with Gasteiger partial charge in [0.1, 0.15) is 0 Å². The van der Waals surface area contributed by atoms with Gasteiger partial charge in [0.15, 0.2) is 0 Å². The molecule has 0 amide bonds. The number of nitrogens with zero attached hydrogens (tertiary/aromatic N) is 4. The van der Waals surface area contributed by atoms with Crippen molar-refractivity contribution in [3.05, 3.63) is 124 Å². The summed E-state index contributed by atoms with van der Waals surface area (Å²) in [6, 6.07) is 30.3. The molecule has 3 aromatic carbocycles. The van der Waals surface area contributed by atoms with Crippen molar-refractivity contribution in [2.75, 3.05) is 52.5 Å². The number of hydrogen-bond donors (Lipinski definition) is 1. The van der Waals surface area contributed by atoms with Gasteiger partial charge in [-0.25, -0.2) is 0 Å². The summed E-state index contributed by atoms with van der Waals surface area (Å²) in [7, 11) is 0. The summed E-state index contributed by atoms with van der Waals surface area (Å²) in [5.74, 6) is 0. The molecule has 0 radical (unpaired) electrons. The van der Waals surface area contributed by atoms with Crippen molar-refractivity contribution >= 4 is 11.6 Å². The van der Waals surface area contributed by atoms with E-state index in [4.69, 9.17) is 21.4 Å². The summed E-state index contributed by atoms with van der Waals surface area (Å²) in [5, 5.41) is 9.58. The SMILES string of the molecule is Clc1ccc(Cn2cc(CNCCN3CCOCC3)c(CN3CCC(c4ccccc4)(c4ccccc4)CC3)n2)cc1. The molecule has 0 atom stereocenters. The minimum absolute atomic E-state index is 0.0524. The van der Waals surface area contributed by atoms with Crippen LogP contribution >= 0.6 is 11.6 Å². The van der Waals surface area contributed by atoms with Crippen LogP contribution in [0.3, 0.4) is 0 Å². The zero-order valence-corrected chi connectivity index (χ0v) is 25.2. The standard InChI is InChI=1S/C35H42ClN5O/c36-33-13-11-29(12-14-33)26-41-27-30(25-37-17-20-39-21-23-42-24-22-39)34(38-41)28-40-18-15-35(16-19-40,31-7-3-1-4-8-31)32-9-5-2-6-10-32/h1-14,27,37H,15-26,28H2. The largest absolute Gasteiger partial charge is 0.379 e. The minimum Gasteiger partial charge on any atom is -0.379 e. The van der Waals surface area contributed by atoms with Crippen LogP contribution < -0.4 is 5.32 Å². The van der Waals surface area contributed by atoms with Crippen LogP contribution in [-0.2, 0) is 29.8 Å². The first kappa shape index (κ1) is 29.1. The Balaban J connectivity index is 1.15. The van der Waals surface area contributed by atoms with Gasteiger partial charge in [0.2, 0.25) is 0 Å². The van der Waals surface area contributed by atoms with E-state index in [9.17, 15) is 0 Å². The Morgan fingerprint density at radius 2 is 1.40 bits per heavy atom. The number of likely N-dealkylation sites (tertiary alicyclic amines) is 1. The molecule has 220 valence electrons. The zero-order chi connectivity index (χ0) is 28.6. The van der Waals surface area contributed by atoms with Crippen LogP contribution in [0.1, 0.15) is 40.8 Å². The lowest BCUT2D eigenvalue weighted by molar-refractivity contribution is 0.0384. The molecule has 6 nitrogen and oxygen atoms in total. The number of aromatic nitrogens is 2. The minimum atomic E-state index is 0.0524. The van der Waals surface area contributed by atoms with Gasteiger partial charge in [0.05, 0.1) is 25.5 Å². The van der Waals surface area contributed by atoms with Crippen LogP contribution in [0, 0.1) is 0 Å². The molecular formula is C35H42ClN5O. The van der Waals surface area contributed by atoms with Gasteiger partial charge in [-0.05, 0) is 54.8 Å². The lowest BCUT2D eigenvalue weighted by Gasteiger charge is -2.43. The fraction of sp³-hybridized carbons (Fsp3) is 0.400. The van der Waals surface area contributed by atoms with Gasteiger partial charge < -0.3 is 10.1 Å². The molecule has 6 rings (SSSR count). The van der Waals surface area contributed by atoms with Crippen molar-refractivity contribution in [1.82, 2.24) is 24.9 Å². The number of nitrogens with one attached hydrogen (secondary N) is 1. The molecule has 0 unspecified atom stereocenters. The molecule has 2 aliphatic rings. The van der Waals surface area contributed by atoms with Crippen LogP contribution in [0.25, 0.3) is 0 Å². The highest BCUT2D eigenvalue weighted by atomic mass is 35.5. The van der Waals surface area contributed by atoms with E-state index in [-0.39, 0.29) is 5.41 Å². The van der Waals surface area contributed by atoms with Crippen LogP contribution in [0.15, 0.2) is 91.1 Å². The molecule has 2 fully saturated rings. The monoisotopic (exact) mass is 583 g/mol. The number of hydrogen-bond acceptors (Lipinski definition) is 5. The summed E-state index contributed by atoms with van der Waals surface area (Å²) in [6.07, 6.45) is 4.42. The topological polar surface area (TPSA) is 45.6 Å². The third-order valence-electron chi connectivity index (χ3n) is 8.94. The van der Waals surface area contributed by atoms with E-state index in [1.54, 1.807) is 0 Å². The maximum absolute atomic E-state index is 6.13. The Bertz CT molecular complexity index is 1340. The summed E-state index contributed by atoms with van der Waals surface area (Å²) in [6.45, 7) is 10.2. The molecule has 1 aromatic heterocycles. The van der Waals surface area contributed by atoms with Crippen molar-refractivity contribution in [3.63, 3.8) is 0 Å². The fourth-order valence-electron chi connectivity index (χ4n) is 6.49.